The van der Waals surface area contributed by atoms with Crippen molar-refractivity contribution in [3.63, 3.8) is 0 Å². The molecule has 0 fully saturated rings. The number of hydrogen-bond acceptors (Lipinski definition) is 3. The van der Waals surface area contributed by atoms with Gasteiger partial charge in [0.2, 0.25) is 5.91 Å². The minimum Gasteiger partial charge on any atom is -0.368 e. The summed E-state index contributed by atoms with van der Waals surface area (Å²) >= 11 is 1.14. The molecule has 2 N–H and O–H groups in total. The van der Waals surface area contributed by atoms with Crippen molar-refractivity contribution >= 4 is 17.7 Å². The Morgan fingerprint density at radius 1 is 2.00 bits per heavy atom. The van der Waals surface area contributed by atoms with Crippen LogP contribution in [0.25, 0.3) is 0 Å². The number of nitriles is 1. The summed E-state index contributed by atoms with van der Waals surface area (Å²) in [6.07, 6.45) is 1.67. The molecule has 1 unspecified atom stereocenters. The van der Waals surface area contributed by atoms with E-state index in [2.05, 4.69) is 0 Å². The minimum absolute atomic E-state index is 0.569. The van der Waals surface area contributed by atoms with Gasteiger partial charge in [-0.05, 0) is 6.26 Å². The third-order valence-corrected chi connectivity index (χ3v) is 1.42. The number of carbonyl (C=O) groups is 1. The first-order valence-corrected chi connectivity index (χ1v) is 3.23. The first kappa shape index (κ1) is 7.31. The number of thioether (sulfide) groups is 1. The number of primary amides is 1. The molecule has 0 aromatic heterocycles. The molecule has 4 heteroatoms. The van der Waals surface area contributed by atoms with Gasteiger partial charge in [0.05, 0.1) is 6.07 Å². The summed E-state index contributed by atoms with van der Waals surface area (Å²) < 4.78 is 0. The van der Waals surface area contributed by atoms with Crippen molar-refractivity contribution in [3.8, 4) is 6.07 Å². The van der Waals surface area contributed by atoms with Crippen molar-refractivity contribution in [2.24, 2.45) is 5.73 Å². The van der Waals surface area contributed by atoms with E-state index in [1.807, 2.05) is 0 Å². The van der Waals surface area contributed by atoms with Gasteiger partial charge in [-0.2, -0.15) is 5.26 Å². The van der Waals surface area contributed by atoms with Crippen LogP contribution in [0, 0.1) is 11.3 Å². The zero-order valence-corrected chi connectivity index (χ0v) is 5.23. The predicted octanol–water partition coefficient (Wildman–Crippen LogP) is -0.273. The van der Waals surface area contributed by atoms with E-state index in [0.717, 1.165) is 11.8 Å². The van der Waals surface area contributed by atoms with E-state index < -0.39 is 11.2 Å². The van der Waals surface area contributed by atoms with Crippen LogP contribution in [0.4, 0.5) is 0 Å². The van der Waals surface area contributed by atoms with E-state index >= 15 is 0 Å². The molecular weight excluding hydrogens is 124 g/mol. The summed E-state index contributed by atoms with van der Waals surface area (Å²) in [5.41, 5.74) is 4.78. The molecule has 0 aliphatic carbocycles. The SMILES string of the molecule is CSC(C#N)C(N)=O. The second-order valence-corrected chi connectivity index (χ2v) is 2.09. The van der Waals surface area contributed by atoms with Gasteiger partial charge < -0.3 is 5.73 Å². The molecule has 0 rings (SSSR count). The highest BCUT2D eigenvalue weighted by Gasteiger charge is 2.09. The number of carbonyl (C=O) groups excluding carboxylic acids is 1. The van der Waals surface area contributed by atoms with Crippen LogP contribution in [0.15, 0.2) is 0 Å². The van der Waals surface area contributed by atoms with Crippen molar-refractivity contribution in [2.45, 2.75) is 5.25 Å². The molecule has 0 aliphatic rings. The maximum atomic E-state index is 10.1. The molecule has 0 radical (unpaired) electrons. The highest BCUT2D eigenvalue weighted by atomic mass is 32.2. The van der Waals surface area contributed by atoms with Crippen LogP contribution in [0.3, 0.4) is 0 Å². The second-order valence-electron chi connectivity index (χ2n) is 1.15. The topological polar surface area (TPSA) is 66.9 Å². The quantitative estimate of drug-likeness (QED) is 0.559. The van der Waals surface area contributed by atoms with E-state index in [1.165, 1.54) is 0 Å². The lowest BCUT2D eigenvalue weighted by Gasteiger charge is -1.94. The fraction of sp³-hybridized carbons (Fsp3) is 0.500. The fourth-order valence-corrected chi connectivity index (χ4v) is 0.570. The Hall–Kier alpha value is -0.690. The van der Waals surface area contributed by atoms with Gasteiger partial charge in [-0.15, -0.1) is 11.8 Å². The van der Waals surface area contributed by atoms with Crippen molar-refractivity contribution in [1.82, 2.24) is 0 Å². The molecule has 8 heavy (non-hydrogen) atoms. The van der Waals surface area contributed by atoms with Crippen LogP contribution < -0.4 is 5.73 Å². The monoisotopic (exact) mass is 130 g/mol. The normalized spacial score (nSPS) is 12.0. The number of nitrogens with two attached hydrogens (primary N) is 1. The van der Waals surface area contributed by atoms with Gasteiger partial charge in [0.25, 0.3) is 0 Å². The van der Waals surface area contributed by atoms with Crippen LogP contribution in [0.1, 0.15) is 0 Å². The molecular formula is C4H6N2OS. The van der Waals surface area contributed by atoms with Crippen LogP contribution >= 0.6 is 11.8 Å². The van der Waals surface area contributed by atoms with Gasteiger partial charge in [-0.3, -0.25) is 4.79 Å². The highest BCUT2D eigenvalue weighted by molar-refractivity contribution is 8.00. The molecule has 44 valence electrons. The Morgan fingerprint density at radius 2 is 2.50 bits per heavy atom. The number of hydrogen-bond donors (Lipinski definition) is 1. The van der Waals surface area contributed by atoms with E-state index in [9.17, 15) is 4.79 Å². The summed E-state index contributed by atoms with van der Waals surface area (Å²) in [4.78, 5) is 10.1. The average molecular weight is 130 g/mol. The van der Waals surface area contributed by atoms with Crippen LogP contribution in [-0.2, 0) is 4.79 Å². The molecule has 0 saturated heterocycles. The molecule has 3 nitrogen and oxygen atoms in total. The van der Waals surface area contributed by atoms with Crippen LogP contribution in [0.5, 0.6) is 0 Å². The Kier molecular flexibility index (Phi) is 3.04. The molecule has 0 bridgehead atoms. The Labute approximate surface area is 51.9 Å². The second kappa shape index (κ2) is 3.33. The van der Waals surface area contributed by atoms with Gasteiger partial charge in [-0.25, -0.2) is 0 Å². The summed E-state index contributed by atoms with van der Waals surface area (Å²) in [5.74, 6) is -0.569. The van der Waals surface area contributed by atoms with Crippen molar-refractivity contribution in [1.29, 1.82) is 5.26 Å². The van der Waals surface area contributed by atoms with Gasteiger partial charge in [-0.1, -0.05) is 0 Å². The molecule has 1 amide bonds. The first-order chi connectivity index (χ1) is 3.72. The highest BCUT2D eigenvalue weighted by Crippen LogP contribution is 2.01. The standard InChI is InChI=1S/C4H6N2OS/c1-8-3(2-5)4(6)7/h3H,1H3,(H2,6,7). The third kappa shape index (κ3) is 1.85. The maximum Gasteiger partial charge on any atom is 0.244 e. The van der Waals surface area contributed by atoms with Gasteiger partial charge in [0.1, 0.15) is 0 Å². The molecule has 0 saturated carbocycles. The molecule has 0 aromatic carbocycles. The third-order valence-electron chi connectivity index (χ3n) is 0.611. The number of amides is 1. The van der Waals surface area contributed by atoms with E-state index in [4.69, 9.17) is 11.0 Å². The fourth-order valence-electron chi connectivity index (χ4n) is 0.232. The summed E-state index contributed by atoms with van der Waals surface area (Å²) in [6.45, 7) is 0. The predicted molar refractivity (Wildman–Crippen MR) is 32.1 cm³/mol. The molecule has 0 heterocycles. The summed E-state index contributed by atoms with van der Waals surface area (Å²) in [6, 6.07) is 1.74. The Bertz CT molecular complexity index is 128. The lowest BCUT2D eigenvalue weighted by Crippen LogP contribution is -2.23. The zero-order chi connectivity index (χ0) is 6.57. The van der Waals surface area contributed by atoms with E-state index in [1.54, 1.807) is 12.3 Å². The molecule has 0 aromatic rings. The van der Waals surface area contributed by atoms with Crippen LogP contribution in [-0.4, -0.2) is 17.4 Å². The maximum absolute atomic E-state index is 10.1. The average Bonchev–Trinajstić information content (AvgIpc) is 1.69. The minimum atomic E-state index is -0.685. The smallest absolute Gasteiger partial charge is 0.244 e. The first-order valence-electron chi connectivity index (χ1n) is 1.94. The van der Waals surface area contributed by atoms with Crippen molar-refractivity contribution < 1.29 is 4.79 Å². The Balaban J connectivity index is 3.76. The van der Waals surface area contributed by atoms with Gasteiger partial charge in [0.15, 0.2) is 5.25 Å². The largest absolute Gasteiger partial charge is 0.368 e. The lowest BCUT2D eigenvalue weighted by molar-refractivity contribution is -0.116. The van der Waals surface area contributed by atoms with Gasteiger partial charge in [0, 0.05) is 0 Å². The van der Waals surface area contributed by atoms with Crippen molar-refractivity contribution in [2.75, 3.05) is 6.26 Å². The van der Waals surface area contributed by atoms with E-state index in [0.29, 0.717) is 0 Å². The molecule has 1 atom stereocenters. The summed E-state index contributed by atoms with van der Waals surface area (Å²) in [5, 5.41) is 7.44. The number of nitrogens with zero attached hydrogens (tertiary/aromatic N) is 1. The molecule has 0 spiro atoms. The zero-order valence-electron chi connectivity index (χ0n) is 4.42. The van der Waals surface area contributed by atoms with Crippen LogP contribution in [0.2, 0.25) is 0 Å². The molecule has 0 aliphatic heterocycles. The lowest BCUT2D eigenvalue weighted by atomic mass is 10.4. The van der Waals surface area contributed by atoms with Crippen molar-refractivity contribution in [3.05, 3.63) is 0 Å². The van der Waals surface area contributed by atoms with E-state index in [-0.39, 0.29) is 0 Å². The number of rotatable bonds is 2. The van der Waals surface area contributed by atoms with Gasteiger partial charge >= 0.3 is 0 Å². The summed E-state index contributed by atoms with van der Waals surface area (Å²) in [7, 11) is 0. The Morgan fingerprint density at radius 3 is 2.50 bits per heavy atom.